The number of aliphatic imine (C=N–C) groups is 1. The van der Waals surface area contributed by atoms with Crippen LogP contribution in [0.4, 0.5) is 0 Å². The molecule has 0 spiro atoms. The zero-order valence-electron chi connectivity index (χ0n) is 18.1. The zero-order valence-corrected chi connectivity index (χ0v) is 18.1. The molecule has 1 aromatic heterocycles. The first-order valence-corrected chi connectivity index (χ1v) is 10.4. The van der Waals surface area contributed by atoms with Crippen LogP contribution in [0, 0.1) is 0 Å². The molecule has 2 aromatic carbocycles. The Balaban J connectivity index is 1.69. The van der Waals surface area contributed by atoms with Crippen molar-refractivity contribution < 1.29 is 9.47 Å². The van der Waals surface area contributed by atoms with Crippen LogP contribution in [0.15, 0.2) is 59.7 Å². The highest BCUT2D eigenvalue weighted by Crippen LogP contribution is 2.30. The van der Waals surface area contributed by atoms with Crippen molar-refractivity contribution in [1.29, 1.82) is 0 Å². The summed E-state index contributed by atoms with van der Waals surface area (Å²) in [5.41, 5.74) is 2.08. The van der Waals surface area contributed by atoms with Gasteiger partial charge in [-0.1, -0.05) is 30.3 Å². The summed E-state index contributed by atoms with van der Waals surface area (Å²) in [4.78, 5) is 8.90. The quantitative estimate of drug-likeness (QED) is 0.427. The molecule has 0 aliphatic rings. The summed E-state index contributed by atoms with van der Waals surface area (Å²) in [6, 6.07) is 16.3. The largest absolute Gasteiger partial charge is 0.490 e. The first kappa shape index (κ1) is 21.4. The molecule has 3 aromatic rings. The SMILES string of the molecule is CCOc1ccc(C(C)NC(=NC)NCc2nccc3ccccc23)cc1OCC. The second-order valence-corrected chi connectivity index (χ2v) is 6.84. The summed E-state index contributed by atoms with van der Waals surface area (Å²) in [5, 5.41) is 9.13. The number of fused-ring (bicyclic) bond motifs is 1. The van der Waals surface area contributed by atoms with Crippen LogP contribution >= 0.6 is 0 Å². The highest BCUT2D eigenvalue weighted by Gasteiger charge is 2.13. The van der Waals surface area contributed by atoms with Gasteiger partial charge in [0.1, 0.15) is 0 Å². The maximum atomic E-state index is 5.75. The number of hydrogen-bond donors (Lipinski definition) is 2. The van der Waals surface area contributed by atoms with E-state index in [1.54, 1.807) is 7.05 Å². The average Bonchev–Trinajstić information content (AvgIpc) is 2.78. The fraction of sp³-hybridized carbons (Fsp3) is 0.333. The molecule has 0 aliphatic heterocycles. The van der Waals surface area contributed by atoms with Gasteiger partial charge >= 0.3 is 0 Å². The van der Waals surface area contributed by atoms with Gasteiger partial charge in [0.2, 0.25) is 0 Å². The minimum Gasteiger partial charge on any atom is -0.490 e. The lowest BCUT2D eigenvalue weighted by molar-refractivity contribution is 0.287. The van der Waals surface area contributed by atoms with Gasteiger partial charge in [-0.2, -0.15) is 0 Å². The molecule has 6 heteroatoms. The molecule has 1 heterocycles. The number of rotatable bonds is 8. The maximum Gasteiger partial charge on any atom is 0.191 e. The third-order valence-corrected chi connectivity index (χ3v) is 4.82. The van der Waals surface area contributed by atoms with Crippen LogP contribution in [-0.4, -0.2) is 31.2 Å². The van der Waals surface area contributed by atoms with E-state index in [1.165, 1.54) is 5.39 Å². The van der Waals surface area contributed by atoms with Gasteiger partial charge < -0.3 is 20.1 Å². The van der Waals surface area contributed by atoms with Crippen molar-refractivity contribution in [2.45, 2.75) is 33.4 Å². The van der Waals surface area contributed by atoms with E-state index in [0.717, 1.165) is 28.1 Å². The molecular formula is C24H30N4O2. The fourth-order valence-electron chi connectivity index (χ4n) is 3.31. The average molecular weight is 407 g/mol. The van der Waals surface area contributed by atoms with E-state index in [0.29, 0.717) is 25.7 Å². The Morgan fingerprint density at radius 2 is 1.80 bits per heavy atom. The van der Waals surface area contributed by atoms with E-state index in [-0.39, 0.29) is 6.04 Å². The monoisotopic (exact) mass is 406 g/mol. The number of nitrogens with one attached hydrogen (secondary N) is 2. The standard InChI is InChI=1S/C24H30N4O2/c1-5-29-22-12-11-19(15-23(22)30-6-2)17(3)28-24(25-4)27-16-21-20-10-8-7-9-18(20)13-14-26-21/h7-15,17H,5-6,16H2,1-4H3,(H2,25,27,28). The van der Waals surface area contributed by atoms with Crippen molar-refractivity contribution in [2.75, 3.05) is 20.3 Å². The number of benzene rings is 2. The predicted molar refractivity (Wildman–Crippen MR) is 122 cm³/mol. The first-order chi connectivity index (χ1) is 14.7. The second kappa shape index (κ2) is 10.5. The van der Waals surface area contributed by atoms with Gasteiger partial charge in [-0.05, 0) is 49.9 Å². The Labute approximate surface area is 178 Å². The summed E-state index contributed by atoms with van der Waals surface area (Å²) in [6.45, 7) is 7.81. The molecule has 1 atom stereocenters. The van der Waals surface area contributed by atoms with Crippen LogP contribution in [0.1, 0.15) is 38.1 Å². The van der Waals surface area contributed by atoms with Gasteiger partial charge in [-0.15, -0.1) is 0 Å². The molecule has 0 fully saturated rings. The van der Waals surface area contributed by atoms with E-state index < -0.39 is 0 Å². The van der Waals surface area contributed by atoms with Crippen LogP contribution in [0.2, 0.25) is 0 Å². The van der Waals surface area contributed by atoms with Gasteiger partial charge in [-0.3, -0.25) is 9.98 Å². The van der Waals surface area contributed by atoms with Crippen molar-refractivity contribution in [1.82, 2.24) is 15.6 Å². The number of guanidine groups is 1. The Bertz CT molecular complexity index is 998. The maximum absolute atomic E-state index is 5.75. The Kier molecular flexibility index (Phi) is 7.49. The lowest BCUT2D eigenvalue weighted by Crippen LogP contribution is -2.38. The smallest absolute Gasteiger partial charge is 0.191 e. The normalized spacial score (nSPS) is 12.5. The van der Waals surface area contributed by atoms with Crippen LogP contribution in [0.3, 0.4) is 0 Å². The molecule has 30 heavy (non-hydrogen) atoms. The second-order valence-electron chi connectivity index (χ2n) is 6.84. The third-order valence-electron chi connectivity index (χ3n) is 4.82. The summed E-state index contributed by atoms with van der Waals surface area (Å²) in [7, 11) is 1.77. The number of nitrogens with zero attached hydrogens (tertiary/aromatic N) is 2. The third kappa shape index (κ3) is 5.20. The molecular weight excluding hydrogens is 376 g/mol. The molecule has 0 saturated carbocycles. The number of hydrogen-bond acceptors (Lipinski definition) is 4. The molecule has 158 valence electrons. The van der Waals surface area contributed by atoms with Crippen molar-refractivity contribution in [3.05, 3.63) is 66.0 Å². The molecule has 0 aliphatic carbocycles. The highest BCUT2D eigenvalue weighted by molar-refractivity contribution is 5.85. The van der Waals surface area contributed by atoms with Gasteiger partial charge in [0.15, 0.2) is 17.5 Å². The summed E-state index contributed by atoms with van der Waals surface area (Å²) >= 11 is 0. The van der Waals surface area contributed by atoms with E-state index in [1.807, 2.05) is 56.4 Å². The summed E-state index contributed by atoms with van der Waals surface area (Å²) < 4.78 is 11.4. The Hall–Kier alpha value is -3.28. The molecule has 0 amide bonds. The van der Waals surface area contributed by atoms with Gasteiger partial charge in [0.25, 0.3) is 0 Å². The van der Waals surface area contributed by atoms with Gasteiger partial charge in [-0.25, -0.2) is 0 Å². The van der Waals surface area contributed by atoms with E-state index in [9.17, 15) is 0 Å². The number of aromatic nitrogens is 1. The first-order valence-electron chi connectivity index (χ1n) is 10.4. The van der Waals surface area contributed by atoms with E-state index >= 15 is 0 Å². The molecule has 6 nitrogen and oxygen atoms in total. The minimum atomic E-state index is 0.0339. The lowest BCUT2D eigenvalue weighted by Gasteiger charge is -2.20. The zero-order chi connectivity index (χ0) is 21.3. The number of ether oxygens (including phenoxy) is 2. The van der Waals surface area contributed by atoms with Gasteiger partial charge in [0, 0.05) is 18.6 Å². The number of pyridine rings is 1. The van der Waals surface area contributed by atoms with Crippen LogP contribution in [0.25, 0.3) is 10.8 Å². The molecule has 1 unspecified atom stereocenters. The Morgan fingerprint density at radius 3 is 2.57 bits per heavy atom. The van der Waals surface area contributed by atoms with Crippen LogP contribution < -0.4 is 20.1 Å². The summed E-state index contributed by atoms with van der Waals surface area (Å²) in [5.74, 6) is 2.23. The van der Waals surface area contributed by atoms with Crippen molar-refractivity contribution in [3.8, 4) is 11.5 Å². The van der Waals surface area contributed by atoms with Gasteiger partial charge in [0.05, 0.1) is 31.5 Å². The Morgan fingerprint density at radius 1 is 1.03 bits per heavy atom. The van der Waals surface area contributed by atoms with Crippen LogP contribution in [0.5, 0.6) is 11.5 Å². The van der Waals surface area contributed by atoms with E-state index in [4.69, 9.17) is 9.47 Å². The highest BCUT2D eigenvalue weighted by atomic mass is 16.5. The topological polar surface area (TPSA) is 67.8 Å². The van der Waals surface area contributed by atoms with Crippen molar-refractivity contribution in [2.24, 2.45) is 4.99 Å². The summed E-state index contributed by atoms with van der Waals surface area (Å²) in [6.07, 6.45) is 1.84. The molecule has 3 rings (SSSR count). The fourth-order valence-corrected chi connectivity index (χ4v) is 3.31. The molecule has 0 bridgehead atoms. The molecule has 0 saturated heterocycles. The molecule has 2 N–H and O–H groups in total. The predicted octanol–water partition coefficient (Wildman–Crippen LogP) is 4.46. The van der Waals surface area contributed by atoms with E-state index in [2.05, 4.69) is 39.7 Å². The minimum absolute atomic E-state index is 0.0339. The van der Waals surface area contributed by atoms with Crippen molar-refractivity contribution in [3.63, 3.8) is 0 Å². The lowest BCUT2D eigenvalue weighted by atomic mass is 10.1. The van der Waals surface area contributed by atoms with Crippen LogP contribution in [-0.2, 0) is 6.54 Å². The molecule has 0 radical (unpaired) electrons. The van der Waals surface area contributed by atoms with Crippen molar-refractivity contribution >= 4 is 16.7 Å².